The monoisotopic (exact) mass is 415 g/mol. The zero-order valence-electron chi connectivity index (χ0n) is 16.4. The number of fused-ring (bicyclic) bond motifs is 3. The van der Waals surface area contributed by atoms with Crippen molar-refractivity contribution < 1.29 is 9.59 Å². The van der Waals surface area contributed by atoms with Crippen LogP contribution in [0.25, 0.3) is 0 Å². The van der Waals surface area contributed by atoms with E-state index in [-0.39, 0.29) is 11.8 Å². The normalized spacial score (nSPS) is 14.3. The molecule has 6 heteroatoms. The average Bonchev–Trinajstić information content (AvgIpc) is 2.76. The summed E-state index contributed by atoms with van der Waals surface area (Å²) in [6.45, 7) is 0.599. The largest absolute Gasteiger partial charge is 0.339 e. The molecular weight excluding hydrogens is 394 g/mol. The van der Waals surface area contributed by atoms with Gasteiger partial charge in [-0.1, -0.05) is 36.0 Å². The van der Waals surface area contributed by atoms with Crippen molar-refractivity contribution in [1.82, 2.24) is 0 Å². The SMILES string of the molecule is O=C(CCN1c2ccccc2Sc2ccccc21)Nc1ccc2c(c1)CCC(=O)N2. The zero-order valence-corrected chi connectivity index (χ0v) is 17.2. The Hall–Kier alpha value is -3.25. The van der Waals surface area contributed by atoms with Crippen LogP contribution in [0.1, 0.15) is 18.4 Å². The van der Waals surface area contributed by atoms with E-state index in [0.29, 0.717) is 25.8 Å². The first-order valence-corrected chi connectivity index (χ1v) is 10.8. The molecular formula is C24H21N3O2S. The van der Waals surface area contributed by atoms with E-state index in [4.69, 9.17) is 0 Å². The number of para-hydroxylation sites is 2. The number of nitrogens with zero attached hydrogens (tertiary/aromatic N) is 1. The van der Waals surface area contributed by atoms with Gasteiger partial charge in [-0.25, -0.2) is 0 Å². The fraction of sp³-hybridized carbons (Fsp3) is 0.167. The maximum atomic E-state index is 12.7. The number of hydrogen-bond acceptors (Lipinski definition) is 4. The fourth-order valence-electron chi connectivity index (χ4n) is 3.92. The molecule has 3 aromatic carbocycles. The third-order valence-corrected chi connectivity index (χ3v) is 6.51. The molecule has 0 atom stereocenters. The third kappa shape index (κ3) is 3.66. The minimum absolute atomic E-state index is 0.0250. The lowest BCUT2D eigenvalue weighted by molar-refractivity contribution is -0.117. The number of rotatable bonds is 4. The maximum Gasteiger partial charge on any atom is 0.226 e. The van der Waals surface area contributed by atoms with Gasteiger partial charge in [0, 0.05) is 40.6 Å². The molecule has 0 fully saturated rings. The molecule has 0 spiro atoms. The predicted molar refractivity (Wildman–Crippen MR) is 121 cm³/mol. The summed E-state index contributed by atoms with van der Waals surface area (Å²) in [4.78, 5) is 28.8. The Morgan fingerprint density at radius 1 is 0.967 bits per heavy atom. The quantitative estimate of drug-likeness (QED) is 0.615. The van der Waals surface area contributed by atoms with Gasteiger partial charge in [0.25, 0.3) is 0 Å². The Morgan fingerprint density at radius 3 is 2.40 bits per heavy atom. The summed E-state index contributed by atoms with van der Waals surface area (Å²) in [6, 6.07) is 22.3. The molecule has 0 radical (unpaired) electrons. The van der Waals surface area contributed by atoms with Gasteiger partial charge in [-0.05, 0) is 54.4 Å². The van der Waals surface area contributed by atoms with Crippen LogP contribution in [0, 0.1) is 0 Å². The summed E-state index contributed by atoms with van der Waals surface area (Å²) in [5, 5.41) is 5.87. The molecule has 0 aromatic heterocycles. The van der Waals surface area contributed by atoms with Crippen LogP contribution >= 0.6 is 11.8 Å². The number of nitrogens with one attached hydrogen (secondary N) is 2. The van der Waals surface area contributed by atoms with Crippen LogP contribution in [0.15, 0.2) is 76.5 Å². The van der Waals surface area contributed by atoms with E-state index in [0.717, 1.165) is 28.3 Å². The van der Waals surface area contributed by atoms with Gasteiger partial charge in [0.05, 0.1) is 11.4 Å². The molecule has 0 bridgehead atoms. The van der Waals surface area contributed by atoms with Gasteiger partial charge in [-0.3, -0.25) is 9.59 Å². The highest BCUT2D eigenvalue weighted by Crippen LogP contribution is 2.47. The van der Waals surface area contributed by atoms with Crippen LogP contribution in [0.3, 0.4) is 0 Å². The van der Waals surface area contributed by atoms with Crippen molar-refractivity contribution in [2.45, 2.75) is 29.1 Å². The number of amides is 2. The fourth-order valence-corrected chi connectivity index (χ4v) is 5.02. The first kappa shape index (κ1) is 18.8. The number of carbonyl (C=O) groups excluding carboxylic acids is 2. The average molecular weight is 416 g/mol. The standard InChI is InChI=1S/C24H21N3O2S/c28-23-12-9-16-15-17(10-11-18(16)26-23)25-24(29)13-14-27-19-5-1-3-7-21(19)30-22-8-4-2-6-20(22)27/h1-8,10-11,15H,9,12-14H2,(H,25,29)(H,26,28). The van der Waals surface area contributed by atoms with Crippen LogP contribution in [-0.4, -0.2) is 18.4 Å². The molecule has 0 unspecified atom stereocenters. The number of hydrogen-bond donors (Lipinski definition) is 2. The summed E-state index contributed by atoms with van der Waals surface area (Å²) < 4.78 is 0. The second-order valence-electron chi connectivity index (χ2n) is 7.41. The van der Waals surface area contributed by atoms with Gasteiger partial charge in [0.1, 0.15) is 0 Å². The van der Waals surface area contributed by atoms with Crippen molar-refractivity contribution in [2.75, 3.05) is 22.1 Å². The van der Waals surface area contributed by atoms with Crippen molar-refractivity contribution >= 4 is 46.3 Å². The van der Waals surface area contributed by atoms with E-state index in [1.807, 2.05) is 42.5 Å². The van der Waals surface area contributed by atoms with E-state index >= 15 is 0 Å². The van der Waals surface area contributed by atoms with Gasteiger partial charge >= 0.3 is 0 Å². The van der Waals surface area contributed by atoms with Crippen LogP contribution in [-0.2, 0) is 16.0 Å². The predicted octanol–water partition coefficient (Wildman–Crippen LogP) is 5.20. The molecule has 5 nitrogen and oxygen atoms in total. The van der Waals surface area contributed by atoms with Crippen molar-refractivity contribution in [2.24, 2.45) is 0 Å². The molecule has 150 valence electrons. The molecule has 0 saturated carbocycles. The first-order chi connectivity index (χ1) is 14.7. The van der Waals surface area contributed by atoms with Crippen LogP contribution in [0.2, 0.25) is 0 Å². The number of aryl methyl sites for hydroxylation is 1. The first-order valence-electron chi connectivity index (χ1n) is 10.0. The second kappa shape index (κ2) is 7.88. The molecule has 5 rings (SSSR count). The Balaban J connectivity index is 1.30. The third-order valence-electron chi connectivity index (χ3n) is 5.38. The summed E-state index contributed by atoms with van der Waals surface area (Å²) in [7, 11) is 0. The number of benzene rings is 3. The molecule has 2 N–H and O–H groups in total. The van der Waals surface area contributed by atoms with E-state index in [9.17, 15) is 9.59 Å². The molecule has 3 aromatic rings. The van der Waals surface area contributed by atoms with Gasteiger partial charge in [-0.15, -0.1) is 0 Å². The van der Waals surface area contributed by atoms with Crippen LogP contribution in [0.4, 0.5) is 22.7 Å². The summed E-state index contributed by atoms with van der Waals surface area (Å²) in [5.41, 5.74) is 4.94. The second-order valence-corrected chi connectivity index (χ2v) is 8.49. The number of anilines is 4. The lowest BCUT2D eigenvalue weighted by atomic mass is 10.0. The van der Waals surface area contributed by atoms with Gasteiger partial charge in [0.2, 0.25) is 11.8 Å². The van der Waals surface area contributed by atoms with Crippen molar-refractivity contribution in [3.05, 3.63) is 72.3 Å². The molecule has 0 saturated heterocycles. The Kier molecular flexibility index (Phi) is 4.93. The van der Waals surface area contributed by atoms with Crippen molar-refractivity contribution in [1.29, 1.82) is 0 Å². The lowest BCUT2D eigenvalue weighted by Crippen LogP contribution is -2.26. The smallest absolute Gasteiger partial charge is 0.226 e. The van der Waals surface area contributed by atoms with Crippen LogP contribution in [0.5, 0.6) is 0 Å². The van der Waals surface area contributed by atoms with E-state index in [1.165, 1.54) is 9.79 Å². The van der Waals surface area contributed by atoms with E-state index in [2.05, 4.69) is 39.8 Å². The Labute approximate surface area is 179 Å². The summed E-state index contributed by atoms with van der Waals surface area (Å²) in [5.74, 6) is 0.0162. The van der Waals surface area contributed by atoms with E-state index < -0.39 is 0 Å². The number of carbonyl (C=O) groups is 2. The molecule has 2 heterocycles. The Morgan fingerprint density at radius 2 is 1.67 bits per heavy atom. The van der Waals surface area contributed by atoms with Crippen molar-refractivity contribution in [3.63, 3.8) is 0 Å². The van der Waals surface area contributed by atoms with Crippen LogP contribution < -0.4 is 15.5 Å². The Bertz CT molecular complexity index is 1100. The molecule has 2 aliphatic rings. The lowest BCUT2D eigenvalue weighted by Gasteiger charge is -2.32. The summed E-state index contributed by atoms with van der Waals surface area (Å²) >= 11 is 1.76. The van der Waals surface area contributed by atoms with E-state index in [1.54, 1.807) is 11.8 Å². The van der Waals surface area contributed by atoms with Gasteiger partial charge in [-0.2, -0.15) is 0 Å². The minimum atomic E-state index is -0.0250. The topological polar surface area (TPSA) is 61.4 Å². The van der Waals surface area contributed by atoms with Gasteiger partial charge < -0.3 is 15.5 Å². The highest BCUT2D eigenvalue weighted by Gasteiger charge is 2.23. The highest BCUT2D eigenvalue weighted by atomic mass is 32.2. The molecule has 2 aliphatic heterocycles. The highest BCUT2D eigenvalue weighted by molar-refractivity contribution is 7.99. The molecule has 30 heavy (non-hydrogen) atoms. The minimum Gasteiger partial charge on any atom is -0.339 e. The summed E-state index contributed by atoms with van der Waals surface area (Å²) in [6.07, 6.45) is 1.56. The van der Waals surface area contributed by atoms with Gasteiger partial charge in [0.15, 0.2) is 0 Å². The molecule has 2 amide bonds. The van der Waals surface area contributed by atoms with Crippen molar-refractivity contribution in [3.8, 4) is 0 Å². The zero-order chi connectivity index (χ0) is 20.5. The molecule has 0 aliphatic carbocycles. The maximum absolute atomic E-state index is 12.7.